The van der Waals surface area contributed by atoms with Crippen LogP contribution >= 0.6 is 15.9 Å². The van der Waals surface area contributed by atoms with E-state index in [-0.39, 0.29) is 11.6 Å². The van der Waals surface area contributed by atoms with E-state index in [2.05, 4.69) is 26.6 Å². The minimum absolute atomic E-state index is 0.0959. The predicted octanol–water partition coefficient (Wildman–Crippen LogP) is 2.69. The molecule has 110 valence electrons. The Morgan fingerprint density at radius 3 is 2.70 bits per heavy atom. The van der Waals surface area contributed by atoms with Crippen LogP contribution in [0, 0.1) is 0 Å². The van der Waals surface area contributed by atoms with Crippen molar-refractivity contribution in [2.45, 2.75) is 19.4 Å². The molecule has 0 spiro atoms. The van der Waals surface area contributed by atoms with E-state index in [4.69, 9.17) is 9.84 Å². The Balaban J connectivity index is 2.74. The molecule has 2 amide bonds. The first-order valence-corrected chi connectivity index (χ1v) is 6.86. The fourth-order valence-electron chi connectivity index (χ4n) is 1.56. The van der Waals surface area contributed by atoms with Gasteiger partial charge >= 0.3 is 12.0 Å². The Labute approximate surface area is 125 Å². The Morgan fingerprint density at radius 2 is 2.15 bits per heavy atom. The summed E-state index contributed by atoms with van der Waals surface area (Å²) in [6.07, 6.45) is 0.734. The maximum Gasteiger partial charge on any atom is 0.335 e. The van der Waals surface area contributed by atoms with Gasteiger partial charge in [0.15, 0.2) is 0 Å². The van der Waals surface area contributed by atoms with E-state index in [0.717, 1.165) is 6.42 Å². The van der Waals surface area contributed by atoms with Gasteiger partial charge in [0.1, 0.15) is 0 Å². The molecule has 0 aliphatic rings. The predicted molar refractivity (Wildman–Crippen MR) is 79.2 cm³/mol. The van der Waals surface area contributed by atoms with Gasteiger partial charge in [0.05, 0.1) is 23.9 Å². The summed E-state index contributed by atoms with van der Waals surface area (Å²) in [7, 11) is 1.56. The number of hydrogen-bond donors (Lipinski definition) is 3. The molecule has 0 aliphatic carbocycles. The smallest absolute Gasteiger partial charge is 0.335 e. The second kappa shape index (κ2) is 7.86. The summed E-state index contributed by atoms with van der Waals surface area (Å²) in [5.74, 6) is -1.05. The Bertz CT molecular complexity index is 493. The van der Waals surface area contributed by atoms with Gasteiger partial charge in [0, 0.05) is 11.6 Å². The molecule has 0 bridgehead atoms. The summed E-state index contributed by atoms with van der Waals surface area (Å²) in [6.45, 7) is 2.35. The van der Waals surface area contributed by atoms with Gasteiger partial charge in [-0.05, 0) is 40.5 Å². The second-order valence-corrected chi connectivity index (χ2v) is 5.01. The van der Waals surface area contributed by atoms with Crippen LogP contribution in [0.2, 0.25) is 0 Å². The number of nitrogens with one attached hydrogen (secondary N) is 2. The number of rotatable bonds is 6. The van der Waals surface area contributed by atoms with Crippen LogP contribution in [0.1, 0.15) is 23.7 Å². The van der Waals surface area contributed by atoms with Crippen LogP contribution in [0.4, 0.5) is 10.5 Å². The number of amides is 2. The van der Waals surface area contributed by atoms with Gasteiger partial charge in [-0.25, -0.2) is 9.59 Å². The number of carboxylic acid groups (broad SMARTS) is 1. The SMILES string of the molecule is CCC(COC)NC(=O)Nc1cc(C(=O)O)ccc1Br. The van der Waals surface area contributed by atoms with Crippen molar-refractivity contribution in [2.24, 2.45) is 0 Å². The normalized spacial score (nSPS) is 11.8. The van der Waals surface area contributed by atoms with Gasteiger partial charge < -0.3 is 20.5 Å². The lowest BCUT2D eigenvalue weighted by atomic mass is 10.2. The summed E-state index contributed by atoms with van der Waals surface area (Å²) in [4.78, 5) is 22.7. The lowest BCUT2D eigenvalue weighted by molar-refractivity contribution is 0.0697. The monoisotopic (exact) mass is 344 g/mol. The molecule has 1 atom stereocenters. The van der Waals surface area contributed by atoms with Gasteiger partial charge in [-0.15, -0.1) is 0 Å². The molecule has 7 heteroatoms. The van der Waals surface area contributed by atoms with Gasteiger partial charge in [0.2, 0.25) is 0 Å². The molecule has 1 aromatic rings. The molecule has 3 N–H and O–H groups in total. The molecule has 1 unspecified atom stereocenters. The van der Waals surface area contributed by atoms with Gasteiger partial charge in [-0.2, -0.15) is 0 Å². The summed E-state index contributed by atoms with van der Waals surface area (Å²) in [5.41, 5.74) is 0.502. The fourth-order valence-corrected chi connectivity index (χ4v) is 1.91. The number of hydrogen-bond acceptors (Lipinski definition) is 3. The fraction of sp³-hybridized carbons (Fsp3) is 0.385. The van der Waals surface area contributed by atoms with Crippen LogP contribution in [-0.2, 0) is 4.74 Å². The van der Waals surface area contributed by atoms with Crippen molar-refractivity contribution in [1.82, 2.24) is 5.32 Å². The van der Waals surface area contributed by atoms with Crippen molar-refractivity contribution in [3.05, 3.63) is 28.2 Å². The van der Waals surface area contributed by atoms with Gasteiger partial charge in [-0.1, -0.05) is 6.92 Å². The topological polar surface area (TPSA) is 87.7 Å². The van der Waals surface area contributed by atoms with Crippen LogP contribution in [0.3, 0.4) is 0 Å². The van der Waals surface area contributed by atoms with Crippen molar-refractivity contribution in [3.8, 4) is 0 Å². The zero-order valence-corrected chi connectivity index (χ0v) is 12.9. The third-order valence-corrected chi connectivity index (χ3v) is 3.35. The van der Waals surface area contributed by atoms with E-state index in [0.29, 0.717) is 16.8 Å². The van der Waals surface area contributed by atoms with Gasteiger partial charge in [-0.3, -0.25) is 0 Å². The molecule has 1 rings (SSSR count). The zero-order chi connectivity index (χ0) is 15.1. The first-order valence-electron chi connectivity index (χ1n) is 6.07. The van der Waals surface area contributed by atoms with E-state index in [1.807, 2.05) is 6.92 Å². The molecule has 6 nitrogen and oxygen atoms in total. The number of benzene rings is 1. The molecule has 0 saturated heterocycles. The molecule has 0 saturated carbocycles. The minimum atomic E-state index is -1.05. The third kappa shape index (κ3) is 4.82. The highest BCUT2D eigenvalue weighted by atomic mass is 79.9. The maximum atomic E-state index is 11.8. The van der Waals surface area contributed by atoms with Crippen molar-refractivity contribution in [3.63, 3.8) is 0 Å². The van der Waals surface area contributed by atoms with Crippen LogP contribution in [-0.4, -0.2) is 36.9 Å². The summed E-state index contributed by atoms with van der Waals surface area (Å²) >= 11 is 3.26. The summed E-state index contributed by atoms with van der Waals surface area (Å²) in [5, 5.41) is 14.3. The number of carbonyl (C=O) groups excluding carboxylic acids is 1. The molecule has 0 aliphatic heterocycles. The number of halogens is 1. The number of aromatic carboxylic acids is 1. The standard InChI is InChI=1S/C13H17BrN2O4/c1-3-9(7-20-2)15-13(19)16-11-6-8(12(17)18)4-5-10(11)14/h4-6,9H,3,7H2,1-2H3,(H,17,18)(H2,15,16,19). The lowest BCUT2D eigenvalue weighted by Crippen LogP contribution is -2.40. The summed E-state index contributed by atoms with van der Waals surface area (Å²) in [6, 6.07) is 3.92. The van der Waals surface area contributed by atoms with Crippen LogP contribution in [0.15, 0.2) is 22.7 Å². The molecule has 20 heavy (non-hydrogen) atoms. The number of ether oxygens (including phenoxy) is 1. The van der Waals surface area contributed by atoms with Crippen LogP contribution in [0.25, 0.3) is 0 Å². The number of carboxylic acids is 1. The van der Waals surface area contributed by atoms with E-state index in [1.54, 1.807) is 13.2 Å². The van der Waals surface area contributed by atoms with E-state index in [9.17, 15) is 9.59 Å². The highest BCUT2D eigenvalue weighted by Crippen LogP contribution is 2.23. The first kappa shape index (κ1) is 16.5. The lowest BCUT2D eigenvalue weighted by Gasteiger charge is -2.17. The number of anilines is 1. The van der Waals surface area contributed by atoms with Crippen molar-refractivity contribution in [1.29, 1.82) is 0 Å². The second-order valence-electron chi connectivity index (χ2n) is 4.16. The third-order valence-electron chi connectivity index (χ3n) is 2.66. The highest BCUT2D eigenvalue weighted by Gasteiger charge is 2.13. The molecular weight excluding hydrogens is 328 g/mol. The molecule has 0 heterocycles. The average molecular weight is 345 g/mol. The molecule has 0 aromatic heterocycles. The highest BCUT2D eigenvalue weighted by molar-refractivity contribution is 9.10. The van der Waals surface area contributed by atoms with E-state index < -0.39 is 12.0 Å². The van der Waals surface area contributed by atoms with Crippen LogP contribution < -0.4 is 10.6 Å². The molecule has 1 aromatic carbocycles. The van der Waals surface area contributed by atoms with Crippen molar-refractivity contribution < 1.29 is 19.4 Å². The maximum absolute atomic E-state index is 11.8. The van der Waals surface area contributed by atoms with E-state index >= 15 is 0 Å². The summed E-state index contributed by atoms with van der Waals surface area (Å²) < 4.78 is 5.60. The molecular formula is C13H17BrN2O4. The average Bonchev–Trinajstić information content (AvgIpc) is 2.40. The molecule has 0 fully saturated rings. The number of carbonyl (C=O) groups is 2. The Kier molecular flexibility index (Phi) is 6.47. The number of urea groups is 1. The number of methoxy groups -OCH3 is 1. The zero-order valence-electron chi connectivity index (χ0n) is 11.3. The molecule has 0 radical (unpaired) electrons. The van der Waals surface area contributed by atoms with E-state index in [1.165, 1.54) is 12.1 Å². The van der Waals surface area contributed by atoms with Crippen LogP contribution in [0.5, 0.6) is 0 Å². The largest absolute Gasteiger partial charge is 0.478 e. The van der Waals surface area contributed by atoms with Gasteiger partial charge in [0.25, 0.3) is 0 Å². The van der Waals surface area contributed by atoms with Crippen molar-refractivity contribution in [2.75, 3.05) is 19.0 Å². The first-order chi connectivity index (χ1) is 9.47. The van der Waals surface area contributed by atoms with Crippen molar-refractivity contribution >= 4 is 33.6 Å². The minimum Gasteiger partial charge on any atom is -0.478 e. The Hall–Kier alpha value is -1.60. The quantitative estimate of drug-likeness (QED) is 0.740. The Morgan fingerprint density at radius 1 is 1.45 bits per heavy atom.